The Kier molecular flexibility index (Phi) is 6.58. The molecule has 0 aliphatic carbocycles. The van der Waals surface area contributed by atoms with E-state index in [2.05, 4.69) is 10.1 Å². The van der Waals surface area contributed by atoms with Crippen molar-refractivity contribution in [2.75, 3.05) is 7.11 Å². The van der Waals surface area contributed by atoms with Crippen molar-refractivity contribution in [1.29, 1.82) is 0 Å². The smallest absolute Gasteiger partial charge is 0.373 e. The van der Waals surface area contributed by atoms with Crippen LogP contribution in [-0.2, 0) is 22.7 Å². The van der Waals surface area contributed by atoms with Crippen molar-refractivity contribution in [2.45, 2.75) is 13.2 Å². The molecule has 0 saturated carbocycles. The first-order valence-electron chi connectivity index (χ1n) is 10.3. The lowest BCUT2D eigenvalue weighted by atomic mass is 10.1. The fourth-order valence-electron chi connectivity index (χ4n) is 3.34. The molecule has 2 heterocycles. The van der Waals surface area contributed by atoms with Crippen molar-refractivity contribution in [3.63, 3.8) is 0 Å². The number of methoxy groups -OCH3 is 1. The predicted octanol–water partition coefficient (Wildman–Crippen LogP) is 3.65. The molecule has 2 aromatic carbocycles. The Labute approximate surface area is 198 Å². The molecule has 4 rings (SSSR count). The van der Waals surface area contributed by atoms with E-state index in [-0.39, 0.29) is 41.8 Å². The molecule has 1 aliphatic heterocycles. The third kappa shape index (κ3) is 5.19. The number of carbonyl (C=O) groups is 3. The summed E-state index contributed by atoms with van der Waals surface area (Å²) in [5.74, 6) is -1.13. The van der Waals surface area contributed by atoms with E-state index in [9.17, 15) is 24.5 Å². The summed E-state index contributed by atoms with van der Waals surface area (Å²) in [4.78, 5) is 48.5. The number of hydrogen-bond donors (Lipinski definition) is 1. The van der Waals surface area contributed by atoms with Crippen LogP contribution in [-0.4, -0.2) is 34.8 Å². The van der Waals surface area contributed by atoms with Gasteiger partial charge in [-0.05, 0) is 35.4 Å². The van der Waals surface area contributed by atoms with Gasteiger partial charge in [-0.25, -0.2) is 9.59 Å². The number of nitro benzene ring substituents is 1. The van der Waals surface area contributed by atoms with Crippen molar-refractivity contribution in [3.8, 4) is 5.75 Å². The maximum Gasteiger partial charge on any atom is 0.373 e. The summed E-state index contributed by atoms with van der Waals surface area (Å²) in [5, 5.41) is 14.0. The van der Waals surface area contributed by atoms with E-state index in [1.807, 2.05) is 30.3 Å². The van der Waals surface area contributed by atoms with Gasteiger partial charge in [0.05, 0.1) is 18.6 Å². The highest BCUT2D eigenvalue weighted by molar-refractivity contribution is 6.13. The number of nitrogens with one attached hydrogen (secondary N) is 1. The minimum atomic E-state index is -0.699. The molecule has 1 aromatic heterocycles. The third-order valence-electron chi connectivity index (χ3n) is 5.05. The zero-order valence-corrected chi connectivity index (χ0v) is 18.4. The summed E-state index contributed by atoms with van der Waals surface area (Å²) in [6.45, 7) is -0.0680. The molecule has 3 aromatic rings. The number of ether oxygens (including phenoxy) is 2. The summed E-state index contributed by atoms with van der Waals surface area (Å²) < 4.78 is 15.5. The molecule has 11 heteroatoms. The second kappa shape index (κ2) is 9.91. The van der Waals surface area contributed by atoms with Crippen LogP contribution in [0.1, 0.15) is 27.4 Å². The normalized spacial score (nSPS) is 14.2. The molecular weight excluding hydrogens is 458 g/mol. The maximum atomic E-state index is 12.7. The summed E-state index contributed by atoms with van der Waals surface area (Å²) in [7, 11) is 1.20. The van der Waals surface area contributed by atoms with Crippen LogP contribution in [0.2, 0.25) is 0 Å². The van der Waals surface area contributed by atoms with Gasteiger partial charge in [0.2, 0.25) is 5.76 Å². The Balaban J connectivity index is 1.50. The minimum Gasteiger partial charge on any atom is -0.482 e. The summed E-state index contributed by atoms with van der Waals surface area (Å²) in [5.41, 5.74) is 0.819. The zero-order chi connectivity index (χ0) is 24.9. The lowest BCUT2D eigenvalue weighted by Gasteiger charge is -2.09. The van der Waals surface area contributed by atoms with Crippen LogP contribution in [0.4, 0.5) is 10.5 Å². The van der Waals surface area contributed by atoms with E-state index >= 15 is 0 Å². The number of rotatable bonds is 8. The zero-order valence-electron chi connectivity index (χ0n) is 18.4. The Morgan fingerprint density at radius 3 is 2.63 bits per heavy atom. The van der Waals surface area contributed by atoms with Crippen LogP contribution in [0.3, 0.4) is 0 Å². The Morgan fingerprint density at radius 1 is 1.14 bits per heavy atom. The topological polar surface area (TPSA) is 141 Å². The van der Waals surface area contributed by atoms with Gasteiger partial charge in [0.25, 0.3) is 5.91 Å². The lowest BCUT2D eigenvalue weighted by molar-refractivity contribution is -0.386. The van der Waals surface area contributed by atoms with Crippen LogP contribution < -0.4 is 10.1 Å². The molecule has 11 nitrogen and oxygen atoms in total. The van der Waals surface area contributed by atoms with Gasteiger partial charge in [-0.2, -0.15) is 0 Å². The molecular formula is C24H19N3O8. The molecule has 0 spiro atoms. The van der Waals surface area contributed by atoms with Gasteiger partial charge in [-0.15, -0.1) is 0 Å². The van der Waals surface area contributed by atoms with Crippen molar-refractivity contribution in [1.82, 2.24) is 10.2 Å². The highest BCUT2D eigenvalue weighted by atomic mass is 16.6. The quantitative estimate of drug-likeness (QED) is 0.170. The number of imide groups is 1. The molecule has 1 N–H and O–H groups in total. The van der Waals surface area contributed by atoms with Crippen LogP contribution >= 0.6 is 0 Å². The van der Waals surface area contributed by atoms with Gasteiger partial charge in [-0.3, -0.25) is 19.8 Å². The van der Waals surface area contributed by atoms with Crippen LogP contribution in [0, 0.1) is 10.1 Å². The van der Waals surface area contributed by atoms with Crippen molar-refractivity contribution >= 4 is 29.7 Å². The summed E-state index contributed by atoms with van der Waals surface area (Å²) in [6, 6.07) is 15.6. The Morgan fingerprint density at radius 2 is 1.91 bits per heavy atom. The predicted molar refractivity (Wildman–Crippen MR) is 121 cm³/mol. The van der Waals surface area contributed by atoms with Gasteiger partial charge in [-0.1, -0.05) is 36.4 Å². The Hall–Kier alpha value is -4.93. The largest absolute Gasteiger partial charge is 0.482 e. The molecule has 1 aliphatic rings. The number of benzene rings is 2. The molecule has 1 saturated heterocycles. The van der Waals surface area contributed by atoms with E-state index < -0.39 is 22.8 Å². The number of esters is 1. The van der Waals surface area contributed by atoms with E-state index in [4.69, 9.17) is 9.15 Å². The van der Waals surface area contributed by atoms with E-state index in [0.717, 1.165) is 10.5 Å². The fourth-order valence-corrected chi connectivity index (χ4v) is 3.34. The first-order valence-corrected chi connectivity index (χ1v) is 10.3. The molecule has 0 atom stereocenters. The van der Waals surface area contributed by atoms with Crippen LogP contribution in [0.25, 0.3) is 6.08 Å². The molecule has 0 radical (unpaired) electrons. The average Bonchev–Trinajstić information content (AvgIpc) is 3.43. The standard InChI is InChI=1S/C24H19N3O8/c1-33-23(29)21-10-8-17(35-21)13-26-22(28)18(25-24(26)30)11-16-7-9-20(19(12-16)27(31)32)34-14-15-5-3-2-4-6-15/h2-12H,13-14H2,1H3,(H,25,30). The van der Waals surface area contributed by atoms with Crippen molar-refractivity contribution in [3.05, 3.63) is 99.1 Å². The molecule has 35 heavy (non-hydrogen) atoms. The SMILES string of the molecule is COC(=O)c1ccc(CN2C(=O)NC(=Cc3ccc(OCc4ccccc4)c([N+](=O)[O-])c3)C2=O)o1. The van der Waals surface area contributed by atoms with Crippen molar-refractivity contribution in [2.24, 2.45) is 0 Å². The number of carbonyl (C=O) groups excluding carboxylic acids is 3. The molecule has 178 valence electrons. The number of amides is 3. The first-order chi connectivity index (χ1) is 16.9. The Bertz CT molecular complexity index is 1330. The van der Waals surface area contributed by atoms with Crippen LogP contribution in [0.5, 0.6) is 5.75 Å². The number of furan rings is 1. The van der Waals surface area contributed by atoms with Crippen molar-refractivity contribution < 1.29 is 33.2 Å². The third-order valence-corrected chi connectivity index (χ3v) is 5.05. The minimum absolute atomic E-state index is 0.0628. The maximum absolute atomic E-state index is 12.7. The highest BCUT2D eigenvalue weighted by Gasteiger charge is 2.34. The number of hydrogen-bond acceptors (Lipinski definition) is 8. The second-order valence-corrected chi connectivity index (χ2v) is 7.40. The summed E-state index contributed by atoms with van der Waals surface area (Å²) >= 11 is 0. The van der Waals surface area contributed by atoms with Gasteiger partial charge < -0.3 is 19.2 Å². The van der Waals surface area contributed by atoms with Gasteiger partial charge in [0.15, 0.2) is 5.75 Å². The van der Waals surface area contributed by atoms with E-state index in [1.165, 1.54) is 43.5 Å². The molecule has 0 unspecified atom stereocenters. The lowest BCUT2D eigenvalue weighted by Crippen LogP contribution is -2.30. The van der Waals surface area contributed by atoms with Gasteiger partial charge >= 0.3 is 17.7 Å². The summed E-state index contributed by atoms with van der Waals surface area (Å²) in [6.07, 6.45) is 1.33. The second-order valence-electron chi connectivity index (χ2n) is 7.40. The number of nitrogens with zero attached hydrogens (tertiary/aromatic N) is 2. The van der Waals surface area contributed by atoms with Crippen LogP contribution in [0.15, 0.2) is 70.8 Å². The monoisotopic (exact) mass is 477 g/mol. The van der Waals surface area contributed by atoms with E-state index in [0.29, 0.717) is 5.56 Å². The number of urea groups is 1. The fraction of sp³-hybridized carbons (Fsp3) is 0.125. The number of nitro groups is 1. The molecule has 3 amide bonds. The molecule has 0 bridgehead atoms. The molecule has 1 fully saturated rings. The highest BCUT2D eigenvalue weighted by Crippen LogP contribution is 2.30. The van der Waals surface area contributed by atoms with E-state index in [1.54, 1.807) is 0 Å². The average molecular weight is 477 g/mol. The van der Waals surface area contributed by atoms with Gasteiger partial charge in [0, 0.05) is 6.07 Å². The van der Waals surface area contributed by atoms with Gasteiger partial charge in [0.1, 0.15) is 18.1 Å². The first kappa shape index (κ1) is 23.2.